The standard InChI is InChI=1S/C9H12FNO/c10-9-3-1-8(2-4-9)7-12-6-5-11/h1-4H,5-7,11H2. The van der Waals surface area contributed by atoms with E-state index in [2.05, 4.69) is 0 Å². The normalized spacial score (nSPS) is 10.2. The highest BCUT2D eigenvalue weighted by molar-refractivity contribution is 5.14. The highest BCUT2D eigenvalue weighted by Crippen LogP contribution is 2.03. The minimum absolute atomic E-state index is 0.224. The van der Waals surface area contributed by atoms with Crippen molar-refractivity contribution in [3.63, 3.8) is 0 Å². The molecular formula is C9H12FNO. The number of benzene rings is 1. The second-order valence-electron chi connectivity index (χ2n) is 2.47. The molecule has 12 heavy (non-hydrogen) atoms. The van der Waals surface area contributed by atoms with Gasteiger partial charge in [-0.25, -0.2) is 4.39 Å². The van der Waals surface area contributed by atoms with E-state index < -0.39 is 0 Å². The summed E-state index contributed by atoms with van der Waals surface area (Å²) in [6.45, 7) is 1.55. The first kappa shape index (κ1) is 9.16. The van der Waals surface area contributed by atoms with Gasteiger partial charge in [0.1, 0.15) is 5.82 Å². The molecule has 0 heterocycles. The Labute approximate surface area is 71.1 Å². The van der Waals surface area contributed by atoms with Crippen molar-refractivity contribution in [3.05, 3.63) is 35.6 Å². The maximum Gasteiger partial charge on any atom is 0.123 e. The van der Waals surface area contributed by atoms with Crippen molar-refractivity contribution in [2.45, 2.75) is 6.61 Å². The highest BCUT2D eigenvalue weighted by Gasteiger charge is 1.92. The molecule has 0 fully saturated rings. The van der Waals surface area contributed by atoms with Crippen molar-refractivity contribution in [3.8, 4) is 0 Å². The van der Waals surface area contributed by atoms with Gasteiger partial charge in [0.05, 0.1) is 13.2 Å². The molecule has 0 atom stereocenters. The van der Waals surface area contributed by atoms with Crippen LogP contribution in [0.15, 0.2) is 24.3 Å². The largest absolute Gasteiger partial charge is 0.375 e. The van der Waals surface area contributed by atoms with E-state index in [9.17, 15) is 4.39 Å². The van der Waals surface area contributed by atoms with E-state index in [-0.39, 0.29) is 5.82 Å². The summed E-state index contributed by atoms with van der Waals surface area (Å²) in [5.41, 5.74) is 6.19. The summed E-state index contributed by atoms with van der Waals surface area (Å²) in [5.74, 6) is -0.224. The molecular weight excluding hydrogens is 157 g/mol. The Balaban J connectivity index is 2.37. The summed E-state index contributed by atoms with van der Waals surface area (Å²) in [4.78, 5) is 0. The molecule has 0 saturated heterocycles. The second kappa shape index (κ2) is 4.85. The van der Waals surface area contributed by atoms with Gasteiger partial charge in [0.25, 0.3) is 0 Å². The van der Waals surface area contributed by atoms with Crippen LogP contribution in [0, 0.1) is 5.82 Å². The molecule has 66 valence electrons. The third-order valence-electron chi connectivity index (χ3n) is 1.44. The van der Waals surface area contributed by atoms with Gasteiger partial charge in [-0.1, -0.05) is 12.1 Å². The Kier molecular flexibility index (Phi) is 3.70. The zero-order valence-electron chi connectivity index (χ0n) is 6.79. The van der Waals surface area contributed by atoms with E-state index in [1.165, 1.54) is 12.1 Å². The number of nitrogens with two attached hydrogens (primary N) is 1. The molecule has 0 aliphatic carbocycles. The SMILES string of the molecule is NCCOCc1ccc(F)cc1. The second-order valence-corrected chi connectivity index (χ2v) is 2.47. The lowest BCUT2D eigenvalue weighted by Crippen LogP contribution is -2.08. The predicted molar refractivity (Wildman–Crippen MR) is 45.1 cm³/mol. The van der Waals surface area contributed by atoms with Crippen LogP contribution in [0.5, 0.6) is 0 Å². The van der Waals surface area contributed by atoms with Gasteiger partial charge < -0.3 is 10.5 Å². The zero-order chi connectivity index (χ0) is 8.81. The van der Waals surface area contributed by atoms with Crippen molar-refractivity contribution >= 4 is 0 Å². The van der Waals surface area contributed by atoms with Gasteiger partial charge in [0.15, 0.2) is 0 Å². The molecule has 0 aliphatic rings. The topological polar surface area (TPSA) is 35.2 Å². The Morgan fingerprint density at radius 1 is 1.25 bits per heavy atom. The predicted octanol–water partition coefficient (Wildman–Crippen LogP) is 1.30. The van der Waals surface area contributed by atoms with E-state index in [1.54, 1.807) is 12.1 Å². The lowest BCUT2D eigenvalue weighted by atomic mass is 10.2. The Morgan fingerprint density at radius 3 is 2.50 bits per heavy atom. The summed E-state index contributed by atoms with van der Waals surface area (Å²) in [5, 5.41) is 0. The van der Waals surface area contributed by atoms with Crippen LogP contribution >= 0.6 is 0 Å². The summed E-state index contributed by atoms with van der Waals surface area (Å²) in [7, 11) is 0. The van der Waals surface area contributed by atoms with Gasteiger partial charge >= 0.3 is 0 Å². The molecule has 0 spiro atoms. The molecule has 0 radical (unpaired) electrons. The van der Waals surface area contributed by atoms with E-state index in [4.69, 9.17) is 10.5 Å². The smallest absolute Gasteiger partial charge is 0.123 e. The number of ether oxygens (including phenoxy) is 1. The molecule has 0 aromatic heterocycles. The Bertz CT molecular complexity index is 222. The van der Waals surface area contributed by atoms with Crippen molar-refractivity contribution in [1.82, 2.24) is 0 Å². The molecule has 0 unspecified atom stereocenters. The first-order chi connectivity index (χ1) is 5.83. The van der Waals surface area contributed by atoms with Crippen LogP contribution in [-0.4, -0.2) is 13.2 Å². The molecule has 2 N–H and O–H groups in total. The molecule has 1 aromatic rings. The third kappa shape index (κ3) is 2.98. The van der Waals surface area contributed by atoms with Crippen molar-refractivity contribution in [1.29, 1.82) is 0 Å². The van der Waals surface area contributed by atoms with Crippen molar-refractivity contribution in [2.75, 3.05) is 13.2 Å². The number of halogens is 1. The number of hydrogen-bond acceptors (Lipinski definition) is 2. The van der Waals surface area contributed by atoms with E-state index in [0.29, 0.717) is 19.8 Å². The molecule has 0 aliphatic heterocycles. The average molecular weight is 169 g/mol. The quantitative estimate of drug-likeness (QED) is 0.689. The maximum absolute atomic E-state index is 12.4. The Morgan fingerprint density at radius 2 is 1.92 bits per heavy atom. The van der Waals surface area contributed by atoms with Crippen LogP contribution in [-0.2, 0) is 11.3 Å². The molecule has 0 amide bonds. The molecule has 1 rings (SSSR count). The van der Waals surface area contributed by atoms with Gasteiger partial charge in [-0.05, 0) is 17.7 Å². The molecule has 0 saturated carbocycles. The van der Waals surface area contributed by atoms with Gasteiger partial charge in [-0.3, -0.25) is 0 Å². The van der Waals surface area contributed by atoms with E-state index in [1.807, 2.05) is 0 Å². The van der Waals surface area contributed by atoms with Crippen LogP contribution in [0.2, 0.25) is 0 Å². The van der Waals surface area contributed by atoms with Crippen LogP contribution in [0.1, 0.15) is 5.56 Å². The van der Waals surface area contributed by atoms with Gasteiger partial charge in [-0.2, -0.15) is 0 Å². The molecule has 1 aromatic carbocycles. The van der Waals surface area contributed by atoms with E-state index >= 15 is 0 Å². The van der Waals surface area contributed by atoms with Crippen molar-refractivity contribution < 1.29 is 9.13 Å². The minimum Gasteiger partial charge on any atom is -0.375 e. The van der Waals surface area contributed by atoms with Crippen LogP contribution in [0.25, 0.3) is 0 Å². The first-order valence-electron chi connectivity index (χ1n) is 3.85. The van der Waals surface area contributed by atoms with Crippen LogP contribution < -0.4 is 5.73 Å². The summed E-state index contributed by atoms with van der Waals surface area (Å²) < 4.78 is 17.6. The van der Waals surface area contributed by atoms with Gasteiger partial charge in [0, 0.05) is 6.54 Å². The lowest BCUT2D eigenvalue weighted by molar-refractivity contribution is 0.128. The molecule has 2 nitrogen and oxygen atoms in total. The van der Waals surface area contributed by atoms with Crippen LogP contribution in [0.3, 0.4) is 0 Å². The lowest BCUT2D eigenvalue weighted by Gasteiger charge is -2.01. The average Bonchev–Trinajstić information content (AvgIpc) is 2.09. The Hall–Kier alpha value is -0.930. The summed E-state index contributed by atoms with van der Waals surface area (Å²) in [6, 6.07) is 6.24. The van der Waals surface area contributed by atoms with Gasteiger partial charge in [0.2, 0.25) is 0 Å². The zero-order valence-corrected chi connectivity index (χ0v) is 6.79. The minimum atomic E-state index is -0.224. The highest BCUT2D eigenvalue weighted by atomic mass is 19.1. The fourth-order valence-corrected chi connectivity index (χ4v) is 0.854. The first-order valence-corrected chi connectivity index (χ1v) is 3.85. The fourth-order valence-electron chi connectivity index (χ4n) is 0.854. The molecule has 3 heteroatoms. The van der Waals surface area contributed by atoms with Crippen LogP contribution in [0.4, 0.5) is 4.39 Å². The molecule has 0 bridgehead atoms. The monoisotopic (exact) mass is 169 g/mol. The van der Waals surface area contributed by atoms with E-state index in [0.717, 1.165) is 5.56 Å². The number of rotatable bonds is 4. The maximum atomic E-state index is 12.4. The number of hydrogen-bond donors (Lipinski definition) is 1. The third-order valence-corrected chi connectivity index (χ3v) is 1.44. The fraction of sp³-hybridized carbons (Fsp3) is 0.333. The van der Waals surface area contributed by atoms with Gasteiger partial charge in [-0.15, -0.1) is 0 Å². The summed E-state index contributed by atoms with van der Waals surface area (Å²) >= 11 is 0. The summed E-state index contributed by atoms with van der Waals surface area (Å²) in [6.07, 6.45) is 0. The van der Waals surface area contributed by atoms with Crippen molar-refractivity contribution in [2.24, 2.45) is 5.73 Å².